The van der Waals surface area contributed by atoms with Gasteiger partial charge in [-0.05, 0) is 26.0 Å². The molecule has 0 bridgehead atoms. The summed E-state index contributed by atoms with van der Waals surface area (Å²) in [5, 5.41) is 13.6. The van der Waals surface area contributed by atoms with Crippen LogP contribution in [0, 0.1) is 5.41 Å². The van der Waals surface area contributed by atoms with Crippen molar-refractivity contribution in [3.8, 4) is 5.75 Å². The van der Waals surface area contributed by atoms with Crippen LogP contribution in [0.3, 0.4) is 0 Å². The first-order valence-electron chi connectivity index (χ1n) is 6.04. The third kappa shape index (κ3) is 5.25. The molecule has 2 amide bonds. The van der Waals surface area contributed by atoms with Crippen LogP contribution >= 0.6 is 0 Å². The number of carbonyl (C=O) groups is 2. The maximum Gasteiger partial charge on any atom is 0.387 e. The molecular weight excluding hydrogens is 286 g/mol. The number of amides is 2. The van der Waals surface area contributed by atoms with Crippen molar-refractivity contribution in [3.63, 3.8) is 0 Å². The van der Waals surface area contributed by atoms with Gasteiger partial charge in [0, 0.05) is 6.54 Å². The Kier molecular flexibility index (Phi) is 5.45. The van der Waals surface area contributed by atoms with Gasteiger partial charge in [-0.25, -0.2) is 4.79 Å². The topological polar surface area (TPSA) is 87.7 Å². The average Bonchev–Trinajstić information content (AvgIpc) is 2.38. The van der Waals surface area contributed by atoms with Gasteiger partial charge < -0.3 is 20.5 Å². The molecule has 0 saturated heterocycles. The van der Waals surface area contributed by atoms with E-state index in [1.165, 1.54) is 38.1 Å². The van der Waals surface area contributed by atoms with Gasteiger partial charge in [0.2, 0.25) is 0 Å². The quantitative estimate of drug-likeness (QED) is 0.753. The van der Waals surface area contributed by atoms with Gasteiger partial charge in [0.05, 0.1) is 11.1 Å². The molecule has 0 fully saturated rings. The van der Waals surface area contributed by atoms with E-state index in [1.807, 2.05) is 0 Å². The molecular formula is C13H16F2N2O4. The number of urea groups is 1. The van der Waals surface area contributed by atoms with Gasteiger partial charge in [0.15, 0.2) is 0 Å². The highest BCUT2D eigenvalue weighted by atomic mass is 19.3. The third-order valence-electron chi connectivity index (χ3n) is 2.62. The Hall–Kier alpha value is -2.38. The van der Waals surface area contributed by atoms with Crippen molar-refractivity contribution in [2.45, 2.75) is 20.5 Å². The normalized spacial score (nSPS) is 11.1. The smallest absolute Gasteiger partial charge is 0.387 e. The second-order valence-electron chi connectivity index (χ2n) is 4.87. The van der Waals surface area contributed by atoms with Gasteiger partial charge in [-0.2, -0.15) is 8.78 Å². The van der Waals surface area contributed by atoms with E-state index in [0.29, 0.717) is 0 Å². The first kappa shape index (κ1) is 16.7. The number of carboxylic acid groups (broad SMARTS) is 1. The summed E-state index contributed by atoms with van der Waals surface area (Å²) in [5.74, 6) is -1.25. The van der Waals surface area contributed by atoms with Gasteiger partial charge in [0.1, 0.15) is 5.75 Å². The molecule has 1 aromatic rings. The number of para-hydroxylation sites is 2. The number of hydrogen-bond donors (Lipinski definition) is 3. The fourth-order valence-electron chi connectivity index (χ4n) is 1.31. The van der Waals surface area contributed by atoms with Crippen molar-refractivity contribution < 1.29 is 28.2 Å². The molecule has 1 aromatic carbocycles. The highest BCUT2D eigenvalue weighted by Crippen LogP contribution is 2.25. The number of carboxylic acids is 1. The van der Waals surface area contributed by atoms with E-state index in [2.05, 4.69) is 15.4 Å². The van der Waals surface area contributed by atoms with E-state index in [1.54, 1.807) is 0 Å². The number of ether oxygens (including phenoxy) is 1. The molecule has 1 rings (SSSR count). The van der Waals surface area contributed by atoms with Gasteiger partial charge in [0.25, 0.3) is 0 Å². The maximum atomic E-state index is 12.2. The van der Waals surface area contributed by atoms with Crippen molar-refractivity contribution in [1.29, 1.82) is 0 Å². The monoisotopic (exact) mass is 302 g/mol. The summed E-state index contributed by atoms with van der Waals surface area (Å²) in [6.07, 6.45) is 0. The van der Waals surface area contributed by atoms with Crippen LogP contribution in [0.2, 0.25) is 0 Å². The van der Waals surface area contributed by atoms with Gasteiger partial charge in [-0.1, -0.05) is 12.1 Å². The fraction of sp³-hybridized carbons (Fsp3) is 0.385. The SMILES string of the molecule is CC(C)(CNC(=O)Nc1ccccc1OC(F)F)C(=O)O. The first-order chi connectivity index (χ1) is 9.72. The molecule has 0 aliphatic heterocycles. The molecule has 0 aliphatic rings. The zero-order valence-electron chi connectivity index (χ0n) is 11.5. The molecule has 0 saturated carbocycles. The van der Waals surface area contributed by atoms with Crippen molar-refractivity contribution in [2.24, 2.45) is 5.41 Å². The Bertz CT molecular complexity index is 521. The number of alkyl halides is 2. The average molecular weight is 302 g/mol. The third-order valence-corrected chi connectivity index (χ3v) is 2.62. The first-order valence-corrected chi connectivity index (χ1v) is 6.04. The highest BCUT2D eigenvalue weighted by Gasteiger charge is 2.27. The second-order valence-corrected chi connectivity index (χ2v) is 4.87. The van der Waals surface area contributed by atoms with Gasteiger partial charge in [-0.15, -0.1) is 0 Å². The second kappa shape index (κ2) is 6.87. The predicted octanol–water partition coefficient (Wildman–Crippen LogP) is 2.52. The van der Waals surface area contributed by atoms with E-state index < -0.39 is 24.0 Å². The standard InChI is InChI=1S/C13H16F2N2O4/c1-13(2,10(18)19)7-16-12(20)17-8-5-3-4-6-9(8)21-11(14)15/h3-6,11H,7H2,1-2H3,(H,18,19)(H2,16,17,20). The summed E-state index contributed by atoms with van der Waals surface area (Å²) < 4.78 is 28.7. The Morgan fingerprint density at radius 1 is 1.33 bits per heavy atom. The summed E-state index contributed by atoms with van der Waals surface area (Å²) in [5.41, 5.74) is -1.08. The number of anilines is 1. The molecule has 21 heavy (non-hydrogen) atoms. The van der Waals surface area contributed by atoms with E-state index in [9.17, 15) is 18.4 Å². The summed E-state index contributed by atoms with van der Waals surface area (Å²) in [7, 11) is 0. The largest absolute Gasteiger partial charge is 0.481 e. The molecule has 116 valence electrons. The number of nitrogens with one attached hydrogen (secondary N) is 2. The maximum absolute atomic E-state index is 12.2. The van der Waals surface area contributed by atoms with Crippen LogP contribution in [-0.2, 0) is 4.79 Å². The van der Waals surface area contributed by atoms with E-state index in [-0.39, 0.29) is 18.0 Å². The molecule has 0 aromatic heterocycles. The molecule has 6 nitrogen and oxygen atoms in total. The Labute approximate surface area is 120 Å². The lowest BCUT2D eigenvalue weighted by Crippen LogP contribution is -2.40. The lowest BCUT2D eigenvalue weighted by atomic mass is 9.94. The minimum Gasteiger partial charge on any atom is -0.481 e. The number of benzene rings is 1. The summed E-state index contributed by atoms with van der Waals surface area (Å²) in [6.45, 7) is -0.235. The van der Waals surface area contributed by atoms with E-state index >= 15 is 0 Å². The minimum atomic E-state index is -3.01. The van der Waals surface area contributed by atoms with Crippen molar-refractivity contribution in [3.05, 3.63) is 24.3 Å². The lowest BCUT2D eigenvalue weighted by molar-refractivity contribution is -0.146. The molecule has 0 radical (unpaired) electrons. The molecule has 0 heterocycles. The summed E-state index contributed by atoms with van der Waals surface area (Å²) in [6, 6.07) is 4.97. The van der Waals surface area contributed by atoms with Crippen molar-refractivity contribution in [1.82, 2.24) is 5.32 Å². The Morgan fingerprint density at radius 3 is 2.52 bits per heavy atom. The fourth-order valence-corrected chi connectivity index (χ4v) is 1.31. The van der Waals surface area contributed by atoms with Gasteiger partial charge >= 0.3 is 18.6 Å². The highest BCUT2D eigenvalue weighted by molar-refractivity contribution is 5.91. The van der Waals surface area contributed by atoms with Crippen LogP contribution in [0.5, 0.6) is 5.75 Å². The Balaban J connectivity index is 2.65. The molecule has 3 N–H and O–H groups in total. The molecule has 0 spiro atoms. The van der Waals surface area contributed by atoms with Crippen LogP contribution < -0.4 is 15.4 Å². The number of halogens is 2. The molecule has 0 atom stereocenters. The van der Waals surface area contributed by atoms with Crippen LogP contribution in [0.25, 0.3) is 0 Å². The number of hydrogen-bond acceptors (Lipinski definition) is 3. The minimum absolute atomic E-state index is 0.0587. The lowest BCUT2D eigenvalue weighted by Gasteiger charge is -2.20. The van der Waals surface area contributed by atoms with E-state index in [4.69, 9.17) is 5.11 Å². The zero-order chi connectivity index (χ0) is 16.0. The van der Waals surface area contributed by atoms with Crippen LogP contribution in [0.1, 0.15) is 13.8 Å². The zero-order valence-corrected chi connectivity index (χ0v) is 11.5. The van der Waals surface area contributed by atoms with Gasteiger partial charge in [-0.3, -0.25) is 4.79 Å². The molecule has 0 unspecified atom stereocenters. The van der Waals surface area contributed by atoms with Crippen LogP contribution in [0.4, 0.5) is 19.3 Å². The van der Waals surface area contributed by atoms with Crippen molar-refractivity contribution >= 4 is 17.7 Å². The van der Waals surface area contributed by atoms with Crippen LogP contribution in [0.15, 0.2) is 24.3 Å². The number of rotatable bonds is 6. The summed E-state index contributed by atoms with van der Waals surface area (Å²) >= 11 is 0. The van der Waals surface area contributed by atoms with Crippen molar-refractivity contribution in [2.75, 3.05) is 11.9 Å². The van der Waals surface area contributed by atoms with E-state index in [0.717, 1.165) is 0 Å². The molecule has 8 heteroatoms. The summed E-state index contributed by atoms with van der Waals surface area (Å²) in [4.78, 5) is 22.6. The van der Waals surface area contributed by atoms with Crippen LogP contribution in [-0.4, -0.2) is 30.3 Å². The number of carbonyl (C=O) groups excluding carboxylic acids is 1. The predicted molar refractivity (Wildman–Crippen MR) is 71.5 cm³/mol. The number of aliphatic carboxylic acids is 1. The Morgan fingerprint density at radius 2 is 1.95 bits per heavy atom. The molecule has 0 aliphatic carbocycles.